The molecule has 3 aliphatic rings. The lowest BCUT2D eigenvalue weighted by molar-refractivity contribution is -0.184. The highest BCUT2D eigenvalue weighted by molar-refractivity contribution is 5.99. The summed E-state index contributed by atoms with van der Waals surface area (Å²) in [5.41, 5.74) is 0.926. The Kier molecular flexibility index (Phi) is 4.09. The molecular weight excluding hydrogens is 316 g/mol. The minimum Gasteiger partial charge on any atom is -0.480 e. The normalized spacial score (nSPS) is 24.2. The second-order valence-electron chi connectivity index (χ2n) is 8.13. The number of fused-ring (bicyclic) bond motifs is 1. The zero-order chi connectivity index (χ0) is 17.5. The highest BCUT2D eigenvalue weighted by Crippen LogP contribution is 2.48. The molecule has 0 spiro atoms. The standard InChI is InChI=1S/C21H26O4/c22-18(23)20(9-3-4-10-20)19(24)25-21(11-5-6-12-21)17-13-15-7-1-2-8-16(15)14-17/h1-2,7-8,17H,3-6,9-14H2,(H,22,23). The molecule has 0 heterocycles. The van der Waals surface area contributed by atoms with Gasteiger partial charge in [0.15, 0.2) is 5.41 Å². The fourth-order valence-electron chi connectivity index (χ4n) is 5.26. The minimum absolute atomic E-state index is 0.281. The van der Waals surface area contributed by atoms with Crippen molar-refractivity contribution in [1.29, 1.82) is 0 Å². The first-order chi connectivity index (χ1) is 12.1. The molecule has 4 heteroatoms. The number of benzene rings is 1. The predicted molar refractivity (Wildman–Crippen MR) is 93.2 cm³/mol. The largest absolute Gasteiger partial charge is 0.480 e. The molecule has 0 atom stereocenters. The van der Waals surface area contributed by atoms with E-state index in [1.54, 1.807) is 0 Å². The van der Waals surface area contributed by atoms with Gasteiger partial charge >= 0.3 is 11.9 Å². The molecule has 2 fully saturated rings. The summed E-state index contributed by atoms with van der Waals surface area (Å²) in [7, 11) is 0. The molecule has 1 aromatic rings. The maximum Gasteiger partial charge on any atom is 0.324 e. The maximum atomic E-state index is 13.0. The molecule has 4 nitrogen and oxygen atoms in total. The Morgan fingerprint density at radius 3 is 1.96 bits per heavy atom. The van der Waals surface area contributed by atoms with Crippen LogP contribution in [0, 0.1) is 11.3 Å². The summed E-state index contributed by atoms with van der Waals surface area (Å²) >= 11 is 0. The molecule has 3 aliphatic carbocycles. The van der Waals surface area contributed by atoms with E-state index < -0.39 is 23.0 Å². The van der Waals surface area contributed by atoms with Crippen molar-refractivity contribution < 1.29 is 19.4 Å². The van der Waals surface area contributed by atoms with Crippen molar-refractivity contribution in [3.63, 3.8) is 0 Å². The molecule has 0 aromatic heterocycles. The van der Waals surface area contributed by atoms with Crippen molar-refractivity contribution in [2.75, 3.05) is 0 Å². The van der Waals surface area contributed by atoms with Crippen LogP contribution in [0.1, 0.15) is 62.5 Å². The van der Waals surface area contributed by atoms with Gasteiger partial charge in [-0.25, -0.2) is 0 Å². The molecule has 1 aromatic carbocycles. The number of aliphatic carboxylic acids is 1. The van der Waals surface area contributed by atoms with Crippen LogP contribution in [0.15, 0.2) is 24.3 Å². The lowest BCUT2D eigenvalue weighted by Gasteiger charge is -2.37. The third-order valence-electron chi connectivity index (χ3n) is 6.80. The van der Waals surface area contributed by atoms with Crippen molar-refractivity contribution in [3.05, 3.63) is 35.4 Å². The van der Waals surface area contributed by atoms with E-state index in [9.17, 15) is 14.7 Å². The highest BCUT2D eigenvalue weighted by atomic mass is 16.6. The SMILES string of the molecule is O=C(O)C1(C(=O)OC2(C3Cc4ccccc4C3)CCCC2)CCCC1. The second kappa shape index (κ2) is 6.15. The summed E-state index contributed by atoms with van der Waals surface area (Å²) in [6.07, 6.45) is 8.14. The smallest absolute Gasteiger partial charge is 0.324 e. The van der Waals surface area contributed by atoms with Gasteiger partial charge in [-0.05, 0) is 62.5 Å². The Labute approximate surface area is 148 Å². The van der Waals surface area contributed by atoms with Crippen molar-refractivity contribution in [3.8, 4) is 0 Å². The Balaban J connectivity index is 1.58. The van der Waals surface area contributed by atoms with Crippen LogP contribution < -0.4 is 0 Å². The summed E-state index contributed by atoms with van der Waals surface area (Å²) in [6, 6.07) is 8.45. The minimum atomic E-state index is -1.30. The van der Waals surface area contributed by atoms with Crippen LogP contribution in [0.2, 0.25) is 0 Å². The molecule has 1 N–H and O–H groups in total. The maximum absolute atomic E-state index is 13.0. The van der Waals surface area contributed by atoms with Gasteiger partial charge in [-0.2, -0.15) is 0 Å². The van der Waals surface area contributed by atoms with Crippen molar-refractivity contribution >= 4 is 11.9 Å². The van der Waals surface area contributed by atoms with Crippen LogP contribution in [0.5, 0.6) is 0 Å². The van der Waals surface area contributed by atoms with Crippen molar-refractivity contribution in [1.82, 2.24) is 0 Å². The number of ether oxygens (including phenoxy) is 1. The van der Waals surface area contributed by atoms with E-state index in [1.807, 2.05) is 0 Å². The monoisotopic (exact) mass is 342 g/mol. The van der Waals surface area contributed by atoms with E-state index in [2.05, 4.69) is 24.3 Å². The predicted octanol–water partition coefficient (Wildman–Crippen LogP) is 3.90. The van der Waals surface area contributed by atoms with Crippen molar-refractivity contribution in [2.24, 2.45) is 11.3 Å². The molecule has 0 radical (unpaired) electrons. The van der Waals surface area contributed by atoms with Crippen molar-refractivity contribution in [2.45, 2.75) is 69.8 Å². The summed E-state index contributed by atoms with van der Waals surface area (Å²) in [5, 5.41) is 9.70. The number of carboxylic acid groups (broad SMARTS) is 1. The average Bonchev–Trinajstić information content (AvgIpc) is 3.34. The molecule has 0 unspecified atom stereocenters. The van der Waals surface area contributed by atoms with Gasteiger partial charge in [-0.3, -0.25) is 9.59 Å². The van der Waals surface area contributed by atoms with E-state index in [1.165, 1.54) is 11.1 Å². The number of hydrogen-bond donors (Lipinski definition) is 1. The topological polar surface area (TPSA) is 63.6 Å². The van der Waals surface area contributed by atoms with E-state index in [0.717, 1.165) is 51.4 Å². The zero-order valence-corrected chi connectivity index (χ0v) is 14.6. The molecule has 0 amide bonds. The molecule has 0 saturated heterocycles. The summed E-state index contributed by atoms with van der Waals surface area (Å²) < 4.78 is 6.14. The molecular formula is C21H26O4. The fourth-order valence-corrected chi connectivity index (χ4v) is 5.26. The first-order valence-electron chi connectivity index (χ1n) is 9.59. The summed E-state index contributed by atoms with van der Waals surface area (Å²) in [6.45, 7) is 0. The third kappa shape index (κ3) is 2.66. The molecule has 4 rings (SSSR count). The molecule has 2 saturated carbocycles. The van der Waals surface area contributed by atoms with Crippen LogP contribution in [-0.2, 0) is 27.2 Å². The zero-order valence-electron chi connectivity index (χ0n) is 14.6. The number of rotatable bonds is 4. The van der Waals surface area contributed by atoms with Gasteiger partial charge in [-0.1, -0.05) is 37.1 Å². The Bertz CT molecular complexity index is 656. The number of hydrogen-bond acceptors (Lipinski definition) is 3. The number of carbonyl (C=O) groups excluding carboxylic acids is 1. The first-order valence-corrected chi connectivity index (χ1v) is 9.59. The highest BCUT2D eigenvalue weighted by Gasteiger charge is 2.54. The Hall–Kier alpha value is -1.84. The lowest BCUT2D eigenvalue weighted by Crippen LogP contribution is -2.47. The summed E-state index contributed by atoms with van der Waals surface area (Å²) in [5.74, 6) is -1.20. The third-order valence-corrected chi connectivity index (χ3v) is 6.80. The summed E-state index contributed by atoms with van der Waals surface area (Å²) in [4.78, 5) is 24.8. The van der Waals surface area contributed by atoms with Gasteiger partial charge in [0, 0.05) is 5.92 Å². The first kappa shape index (κ1) is 16.6. The number of carbonyl (C=O) groups is 2. The Morgan fingerprint density at radius 1 is 0.920 bits per heavy atom. The average molecular weight is 342 g/mol. The van der Waals surface area contributed by atoms with E-state index in [4.69, 9.17) is 4.74 Å². The fraction of sp³-hybridized carbons (Fsp3) is 0.619. The molecule has 134 valence electrons. The van der Waals surface area contributed by atoms with Crippen LogP contribution in [0.25, 0.3) is 0 Å². The van der Waals surface area contributed by atoms with Crippen LogP contribution in [-0.4, -0.2) is 22.6 Å². The van der Waals surface area contributed by atoms with E-state index >= 15 is 0 Å². The lowest BCUT2D eigenvalue weighted by atomic mass is 9.81. The van der Waals surface area contributed by atoms with Gasteiger partial charge in [0.1, 0.15) is 5.60 Å². The number of carboxylic acids is 1. The van der Waals surface area contributed by atoms with Gasteiger partial charge in [0.25, 0.3) is 0 Å². The quantitative estimate of drug-likeness (QED) is 0.666. The molecule has 0 bridgehead atoms. The van der Waals surface area contributed by atoms with Gasteiger partial charge in [-0.15, -0.1) is 0 Å². The Morgan fingerprint density at radius 2 is 1.44 bits per heavy atom. The van der Waals surface area contributed by atoms with Crippen LogP contribution >= 0.6 is 0 Å². The molecule has 25 heavy (non-hydrogen) atoms. The van der Waals surface area contributed by atoms with Gasteiger partial charge < -0.3 is 9.84 Å². The van der Waals surface area contributed by atoms with Crippen LogP contribution in [0.3, 0.4) is 0 Å². The van der Waals surface area contributed by atoms with E-state index in [0.29, 0.717) is 12.8 Å². The second-order valence-corrected chi connectivity index (χ2v) is 8.13. The molecule has 0 aliphatic heterocycles. The van der Waals surface area contributed by atoms with E-state index in [-0.39, 0.29) is 5.92 Å². The van der Waals surface area contributed by atoms with Crippen LogP contribution in [0.4, 0.5) is 0 Å². The van der Waals surface area contributed by atoms with Gasteiger partial charge in [0.05, 0.1) is 0 Å². The van der Waals surface area contributed by atoms with Gasteiger partial charge in [0.2, 0.25) is 0 Å². The number of esters is 1.